The second kappa shape index (κ2) is 7.03. The first kappa shape index (κ1) is 18.9. The summed E-state index contributed by atoms with van der Waals surface area (Å²) < 4.78 is 25.0. The van der Waals surface area contributed by atoms with E-state index in [0.29, 0.717) is 41.0 Å². The standard InChI is InChI=1S/C19H21N3O4S/c1-12-15(19(24)20-2)5-4-6-16(12)21-18(23)14-7-8-17-13(11-14)9-10-22(17)27(3,25)26/h4-8,11H,9-10H2,1-3H3,(H,20,24)(H,21,23). The Morgan fingerprint density at radius 1 is 1.11 bits per heavy atom. The van der Waals surface area contributed by atoms with Gasteiger partial charge in [-0.15, -0.1) is 0 Å². The van der Waals surface area contributed by atoms with Crippen molar-refractivity contribution in [3.8, 4) is 0 Å². The maximum absolute atomic E-state index is 12.7. The smallest absolute Gasteiger partial charge is 0.255 e. The Kier molecular flexibility index (Phi) is 4.93. The number of rotatable bonds is 4. The van der Waals surface area contributed by atoms with Gasteiger partial charge in [0.15, 0.2) is 0 Å². The Morgan fingerprint density at radius 3 is 2.52 bits per heavy atom. The molecule has 0 bridgehead atoms. The Labute approximate surface area is 158 Å². The van der Waals surface area contributed by atoms with Crippen LogP contribution in [-0.2, 0) is 16.4 Å². The van der Waals surface area contributed by atoms with Crippen molar-refractivity contribution in [2.45, 2.75) is 13.3 Å². The second-order valence-electron chi connectivity index (χ2n) is 6.44. The normalized spacial score (nSPS) is 13.2. The van der Waals surface area contributed by atoms with Crippen LogP contribution in [0.3, 0.4) is 0 Å². The summed E-state index contributed by atoms with van der Waals surface area (Å²) >= 11 is 0. The highest BCUT2D eigenvalue weighted by Crippen LogP contribution is 2.31. The molecule has 0 atom stereocenters. The van der Waals surface area contributed by atoms with E-state index >= 15 is 0 Å². The zero-order valence-corrected chi connectivity index (χ0v) is 16.2. The highest BCUT2D eigenvalue weighted by molar-refractivity contribution is 7.92. The lowest BCUT2D eigenvalue weighted by molar-refractivity contribution is 0.0960. The van der Waals surface area contributed by atoms with E-state index in [2.05, 4.69) is 10.6 Å². The molecule has 0 aromatic heterocycles. The molecule has 142 valence electrons. The minimum absolute atomic E-state index is 0.220. The molecule has 2 aromatic carbocycles. The first-order chi connectivity index (χ1) is 12.7. The number of benzene rings is 2. The van der Waals surface area contributed by atoms with Crippen LogP contribution < -0.4 is 14.9 Å². The molecule has 3 rings (SSSR count). The summed E-state index contributed by atoms with van der Waals surface area (Å²) in [6.45, 7) is 2.15. The predicted molar refractivity (Wildman–Crippen MR) is 105 cm³/mol. The van der Waals surface area contributed by atoms with Gasteiger partial charge in [-0.2, -0.15) is 0 Å². The largest absolute Gasteiger partial charge is 0.355 e. The highest BCUT2D eigenvalue weighted by atomic mass is 32.2. The van der Waals surface area contributed by atoms with Gasteiger partial charge < -0.3 is 10.6 Å². The van der Waals surface area contributed by atoms with Crippen LogP contribution in [0.15, 0.2) is 36.4 Å². The summed E-state index contributed by atoms with van der Waals surface area (Å²) in [5.41, 5.74) is 3.60. The van der Waals surface area contributed by atoms with Crippen LogP contribution in [0.2, 0.25) is 0 Å². The van der Waals surface area contributed by atoms with E-state index < -0.39 is 10.0 Å². The van der Waals surface area contributed by atoms with Crippen molar-refractivity contribution in [2.75, 3.05) is 29.5 Å². The van der Waals surface area contributed by atoms with E-state index in [-0.39, 0.29) is 11.8 Å². The third-order valence-electron chi connectivity index (χ3n) is 4.65. The SMILES string of the molecule is CNC(=O)c1cccc(NC(=O)c2ccc3c(c2)CCN3S(C)(=O)=O)c1C. The number of fused-ring (bicyclic) bond motifs is 1. The third kappa shape index (κ3) is 3.66. The van der Waals surface area contributed by atoms with Crippen LogP contribution >= 0.6 is 0 Å². The highest BCUT2D eigenvalue weighted by Gasteiger charge is 2.26. The maximum Gasteiger partial charge on any atom is 0.255 e. The molecule has 0 saturated heterocycles. The van der Waals surface area contributed by atoms with Crippen molar-refractivity contribution in [2.24, 2.45) is 0 Å². The lowest BCUT2D eigenvalue weighted by Gasteiger charge is -2.16. The van der Waals surface area contributed by atoms with Crippen LogP contribution in [0.25, 0.3) is 0 Å². The van der Waals surface area contributed by atoms with E-state index in [1.54, 1.807) is 50.4 Å². The first-order valence-electron chi connectivity index (χ1n) is 8.46. The minimum Gasteiger partial charge on any atom is -0.355 e. The number of nitrogens with zero attached hydrogens (tertiary/aromatic N) is 1. The van der Waals surface area contributed by atoms with Crippen molar-refractivity contribution >= 4 is 33.2 Å². The minimum atomic E-state index is -3.32. The molecule has 1 aliphatic heterocycles. The summed E-state index contributed by atoms with van der Waals surface area (Å²) in [5.74, 6) is -0.533. The van der Waals surface area contributed by atoms with Crippen LogP contribution in [0, 0.1) is 6.92 Å². The lowest BCUT2D eigenvalue weighted by Crippen LogP contribution is -2.27. The molecule has 27 heavy (non-hydrogen) atoms. The maximum atomic E-state index is 12.7. The Bertz CT molecular complexity index is 1030. The van der Waals surface area contributed by atoms with Crippen molar-refractivity contribution in [3.05, 3.63) is 58.7 Å². The number of hydrogen-bond donors (Lipinski definition) is 2. The molecule has 0 unspecified atom stereocenters. The summed E-state index contributed by atoms with van der Waals surface area (Å²) in [5, 5.41) is 5.40. The zero-order chi connectivity index (χ0) is 19.8. The van der Waals surface area contributed by atoms with Crippen molar-refractivity contribution in [1.29, 1.82) is 0 Å². The molecule has 2 N–H and O–H groups in total. The Hall–Kier alpha value is -2.87. The van der Waals surface area contributed by atoms with Crippen LogP contribution in [0.5, 0.6) is 0 Å². The summed E-state index contributed by atoms with van der Waals surface area (Å²) in [4.78, 5) is 24.6. The lowest BCUT2D eigenvalue weighted by atomic mass is 10.0. The quantitative estimate of drug-likeness (QED) is 0.838. The summed E-state index contributed by atoms with van der Waals surface area (Å²) in [6.07, 6.45) is 1.74. The van der Waals surface area contributed by atoms with Gasteiger partial charge >= 0.3 is 0 Å². The number of nitrogens with one attached hydrogen (secondary N) is 2. The molecule has 0 spiro atoms. The first-order valence-corrected chi connectivity index (χ1v) is 10.3. The molecule has 2 amide bonds. The molecule has 0 saturated carbocycles. The molecule has 0 radical (unpaired) electrons. The number of hydrogen-bond acceptors (Lipinski definition) is 4. The molecular weight excluding hydrogens is 366 g/mol. The molecule has 2 aromatic rings. The van der Waals surface area contributed by atoms with Crippen molar-refractivity contribution in [1.82, 2.24) is 5.32 Å². The van der Waals surface area contributed by atoms with E-state index in [1.807, 2.05) is 0 Å². The Balaban J connectivity index is 1.86. The number of sulfonamides is 1. The number of carbonyl (C=O) groups excluding carboxylic acids is 2. The average molecular weight is 387 g/mol. The van der Waals surface area contributed by atoms with Crippen molar-refractivity contribution in [3.63, 3.8) is 0 Å². The van der Waals surface area contributed by atoms with Gasteiger partial charge in [-0.1, -0.05) is 6.07 Å². The van der Waals surface area contributed by atoms with E-state index in [4.69, 9.17) is 0 Å². The van der Waals surface area contributed by atoms with Gasteiger partial charge in [0.1, 0.15) is 0 Å². The topological polar surface area (TPSA) is 95.6 Å². The second-order valence-corrected chi connectivity index (χ2v) is 8.35. The summed E-state index contributed by atoms with van der Waals surface area (Å²) in [6, 6.07) is 10.1. The van der Waals surface area contributed by atoms with Gasteiger partial charge in [-0.3, -0.25) is 13.9 Å². The fourth-order valence-electron chi connectivity index (χ4n) is 3.20. The molecule has 1 heterocycles. The zero-order valence-electron chi connectivity index (χ0n) is 15.4. The fourth-order valence-corrected chi connectivity index (χ4v) is 4.16. The van der Waals surface area contributed by atoms with Crippen LogP contribution in [0.1, 0.15) is 31.8 Å². The number of carbonyl (C=O) groups is 2. The fraction of sp³-hybridized carbons (Fsp3) is 0.263. The Morgan fingerprint density at radius 2 is 1.85 bits per heavy atom. The van der Waals surface area contributed by atoms with Crippen LogP contribution in [0.4, 0.5) is 11.4 Å². The van der Waals surface area contributed by atoms with Crippen LogP contribution in [-0.4, -0.2) is 40.1 Å². The van der Waals surface area contributed by atoms with Gasteiger partial charge in [0.05, 0.1) is 11.9 Å². The molecule has 0 fully saturated rings. The number of anilines is 2. The predicted octanol–water partition coefficient (Wildman–Crippen LogP) is 1.93. The molecule has 7 nitrogen and oxygen atoms in total. The van der Waals surface area contributed by atoms with E-state index in [1.165, 1.54) is 10.6 Å². The van der Waals surface area contributed by atoms with Gasteiger partial charge in [-0.05, 0) is 54.8 Å². The van der Waals surface area contributed by atoms with Crippen molar-refractivity contribution < 1.29 is 18.0 Å². The third-order valence-corrected chi connectivity index (χ3v) is 5.83. The van der Waals surface area contributed by atoms with E-state index in [0.717, 1.165) is 5.56 Å². The molecular formula is C19H21N3O4S. The molecule has 0 aliphatic carbocycles. The van der Waals surface area contributed by atoms with Gasteiger partial charge in [0.2, 0.25) is 10.0 Å². The monoisotopic (exact) mass is 387 g/mol. The summed E-state index contributed by atoms with van der Waals surface area (Å²) in [7, 11) is -1.77. The molecule has 1 aliphatic rings. The van der Waals surface area contributed by atoms with Gasteiger partial charge in [0, 0.05) is 30.4 Å². The van der Waals surface area contributed by atoms with E-state index in [9.17, 15) is 18.0 Å². The molecule has 8 heteroatoms. The van der Waals surface area contributed by atoms with Gasteiger partial charge in [0.25, 0.3) is 11.8 Å². The average Bonchev–Trinajstić information content (AvgIpc) is 3.06. The van der Waals surface area contributed by atoms with Gasteiger partial charge in [-0.25, -0.2) is 8.42 Å². The number of amides is 2.